The number of cyclic esters (lactones) is 1. The molecule has 2 saturated carbocycles. The van der Waals surface area contributed by atoms with Crippen molar-refractivity contribution in [3.05, 3.63) is 36.0 Å². The molecule has 1 heterocycles. The van der Waals surface area contributed by atoms with Crippen molar-refractivity contribution in [3.63, 3.8) is 0 Å². The fourth-order valence-corrected chi connectivity index (χ4v) is 6.30. The zero-order valence-electron chi connectivity index (χ0n) is 22.9. The molecule has 0 aromatic heterocycles. The number of aliphatic carboxylic acids is 2. The van der Waals surface area contributed by atoms with Crippen LogP contribution in [-0.4, -0.2) is 54.3 Å². The summed E-state index contributed by atoms with van der Waals surface area (Å²) in [5, 5.41) is 19.7. The van der Waals surface area contributed by atoms with Gasteiger partial charge in [-0.05, 0) is 49.5 Å². The standard InChI is InChI=1S/C28H36O10.K/c1-17-4-7-20-27(2,19(17)6-5-18-13-15-36-26(18)35)14-12-21(38-25(34)11-9-23(31)32)28(20,3)16-37-24(33)10-8-22(29)30;/h5-6,13,19-21H,1,4,7-12,14-16H2,2-3H3,(H,29,30)(H,31,32);/q;+1/p-1/b6-5+;/t19-,20+,21-,27+,28+;/m1./s1. The average molecular weight is 571 g/mol. The smallest absolute Gasteiger partial charge is 0.550 e. The van der Waals surface area contributed by atoms with E-state index in [1.54, 1.807) is 12.2 Å². The van der Waals surface area contributed by atoms with E-state index in [2.05, 4.69) is 13.5 Å². The summed E-state index contributed by atoms with van der Waals surface area (Å²) in [4.78, 5) is 58.5. The maximum absolute atomic E-state index is 12.5. The van der Waals surface area contributed by atoms with Crippen molar-refractivity contribution in [1.82, 2.24) is 0 Å². The molecular weight excluding hydrogens is 535 g/mol. The molecule has 1 N–H and O–H groups in total. The van der Waals surface area contributed by atoms with E-state index < -0.39 is 41.8 Å². The van der Waals surface area contributed by atoms with E-state index in [9.17, 15) is 29.1 Å². The van der Waals surface area contributed by atoms with Gasteiger partial charge in [-0.2, -0.15) is 0 Å². The van der Waals surface area contributed by atoms with Gasteiger partial charge in [-0.1, -0.05) is 38.2 Å². The molecule has 10 nitrogen and oxygen atoms in total. The Labute approximate surface area is 270 Å². The Hall–Kier alpha value is -1.79. The van der Waals surface area contributed by atoms with Gasteiger partial charge in [-0.25, -0.2) is 4.79 Å². The quantitative estimate of drug-likeness (QED) is 0.145. The molecule has 0 saturated heterocycles. The Morgan fingerprint density at radius 3 is 2.46 bits per heavy atom. The van der Waals surface area contributed by atoms with E-state index in [0.717, 1.165) is 5.57 Å². The van der Waals surface area contributed by atoms with Crippen molar-refractivity contribution in [2.24, 2.45) is 22.7 Å². The molecule has 0 amide bonds. The van der Waals surface area contributed by atoms with Crippen LogP contribution in [-0.2, 0) is 38.2 Å². The van der Waals surface area contributed by atoms with Gasteiger partial charge >= 0.3 is 75.3 Å². The number of hydrogen-bond acceptors (Lipinski definition) is 9. The van der Waals surface area contributed by atoms with Crippen LogP contribution in [0.1, 0.15) is 65.2 Å². The molecule has 0 bridgehead atoms. The molecule has 11 heteroatoms. The first-order valence-corrected chi connectivity index (χ1v) is 12.9. The van der Waals surface area contributed by atoms with Gasteiger partial charge in [0.2, 0.25) is 0 Å². The SMILES string of the molecule is C=C1CC[C@@H]2[C@](C)(COC(=O)CCC(=O)[O-])[C@H](OC(=O)CCC(=O)O)CC[C@@]2(C)[C@@H]1/C=C/C1=CCOC1=O.[K+]. The fraction of sp³-hybridized carbons (Fsp3) is 0.607. The normalized spacial score (nSPS) is 30.0. The summed E-state index contributed by atoms with van der Waals surface area (Å²) in [5.74, 6) is -4.38. The van der Waals surface area contributed by atoms with E-state index in [-0.39, 0.29) is 107 Å². The molecule has 0 spiro atoms. The fourth-order valence-electron chi connectivity index (χ4n) is 6.30. The number of esters is 3. The Bertz CT molecular complexity index is 1060. The van der Waals surface area contributed by atoms with Gasteiger partial charge in [0.25, 0.3) is 0 Å². The first kappa shape index (κ1) is 33.4. The number of allylic oxidation sites excluding steroid dienone is 2. The Kier molecular flexibility index (Phi) is 12.2. The minimum atomic E-state index is -1.36. The van der Waals surface area contributed by atoms with Crippen LogP contribution in [0.4, 0.5) is 0 Å². The van der Waals surface area contributed by atoms with Crippen LogP contribution in [0.3, 0.4) is 0 Å². The van der Waals surface area contributed by atoms with Crippen LogP contribution < -0.4 is 56.5 Å². The number of carboxylic acids is 2. The van der Waals surface area contributed by atoms with Crippen molar-refractivity contribution in [2.45, 2.75) is 71.3 Å². The molecule has 0 aromatic rings. The Morgan fingerprint density at radius 2 is 1.85 bits per heavy atom. The predicted molar refractivity (Wildman–Crippen MR) is 131 cm³/mol. The number of hydrogen-bond donors (Lipinski definition) is 1. The summed E-state index contributed by atoms with van der Waals surface area (Å²) in [6.45, 7) is 8.44. The molecule has 208 valence electrons. The molecule has 0 radical (unpaired) electrons. The maximum Gasteiger partial charge on any atom is 1.00 e. The van der Waals surface area contributed by atoms with Gasteiger partial charge in [0.1, 0.15) is 19.3 Å². The first-order valence-electron chi connectivity index (χ1n) is 12.9. The van der Waals surface area contributed by atoms with Crippen molar-refractivity contribution >= 4 is 29.8 Å². The van der Waals surface area contributed by atoms with Crippen LogP contribution in [0.5, 0.6) is 0 Å². The van der Waals surface area contributed by atoms with E-state index >= 15 is 0 Å². The number of rotatable bonds is 11. The van der Waals surface area contributed by atoms with Crippen LogP contribution in [0.25, 0.3) is 0 Å². The second-order valence-corrected chi connectivity index (χ2v) is 10.8. The summed E-state index contributed by atoms with van der Waals surface area (Å²) in [5.41, 5.74) is 0.290. The van der Waals surface area contributed by atoms with Crippen LogP contribution in [0.15, 0.2) is 36.0 Å². The van der Waals surface area contributed by atoms with Crippen molar-refractivity contribution in [1.29, 1.82) is 0 Å². The third-order valence-corrected chi connectivity index (χ3v) is 8.29. The molecule has 3 aliphatic rings. The third-order valence-electron chi connectivity index (χ3n) is 8.29. The molecular formula is C28H35KO10. The third kappa shape index (κ3) is 8.13. The summed E-state index contributed by atoms with van der Waals surface area (Å²) >= 11 is 0. The number of ether oxygens (including phenoxy) is 3. The second kappa shape index (κ2) is 14.2. The first-order chi connectivity index (χ1) is 17.9. The molecule has 0 aromatic carbocycles. The number of carbonyl (C=O) groups excluding carboxylic acids is 4. The van der Waals surface area contributed by atoms with Gasteiger partial charge in [-0.15, -0.1) is 0 Å². The van der Waals surface area contributed by atoms with Gasteiger partial charge in [0.15, 0.2) is 0 Å². The molecule has 1 aliphatic heterocycles. The summed E-state index contributed by atoms with van der Waals surface area (Å²) in [7, 11) is 0. The van der Waals surface area contributed by atoms with Crippen LogP contribution >= 0.6 is 0 Å². The molecule has 3 rings (SSSR count). The van der Waals surface area contributed by atoms with Crippen molar-refractivity contribution in [3.8, 4) is 0 Å². The Balaban J connectivity index is 0.00000533. The summed E-state index contributed by atoms with van der Waals surface area (Å²) in [6.07, 6.45) is 5.84. The number of carbonyl (C=O) groups is 5. The average Bonchev–Trinajstić information content (AvgIpc) is 3.26. The minimum absolute atomic E-state index is 0. The maximum atomic E-state index is 12.5. The predicted octanol–water partition coefficient (Wildman–Crippen LogP) is -0.731. The summed E-state index contributed by atoms with van der Waals surface area (Å²) < 4.78 is 16.3. The van der Waals surface area contributed by atoms with E-state index in [1.807, 2.05) is 13.0 Å². The minimum Gasteiger partial charge on any atom is -0.550 e. The molecule has 2 fully saturated rings. The van der Waals surface area contributed by atoms with E-state index in [4.69, 9.17) is 19.3 Å². The molecule has 39 heavy (non-hydrogen) atoms. The van der Waals surface area contributed by atoms with Gasteiger partial charge < -0.3 is 29.2 Å². The van der Waals surface area contributed by atoms with E-state index in [0.29, 0.717) is 31.3 Å². The largest absolute Gasteiger partial charge is 1.00 e. The van der Waals surface area contributed by atoms with Gasteiger partial charge in [-0.3, -0.25) is 14.4 Å². The molecule has 2 aliphatic carbocycles. The Morgan fingerprint density at radius 1 is 1.15 bits per heavy atom. The molecule has 5 atom stereocenters. The zero-order chi connectivity index (χ0) is 28.1. The zero-order valence-corrected chi connectivity index (χ0v) is 26.0. The van der Waals surface area contributed by atoms with Crippen LogP contribution in [0, 0.1) is 22.7 Å². The molecule has 0 unspecified atom stereocenters. The number of carboxylic acid groups (broad SMARTS) is 2. The summed E-state index contributed by atoms with van der Waals surface area (Å²) in [6, 6.07) is 0. The monoisotopic (exact) mass is 570 g/mol. The second-order valence-electron chi connectivity index (χ2n) is 10.8. The van der Waals surface area contributed by atoms with E-state index in [1.165, 1.54) is 0 Å². The topological polar surface area (TPSA) is 156 Å². The van der Waals surface area contributed by atoms with Gasteiger partial charge in [0, 0.05) is 17.3 Å². The number of fused-ring (bicyclic) bond motifs is 1. The van der Waals surface area contributed by atoms with Crippen molar-refractivity contribution in [2.75, 3.05) is 13.2 Å². The van der Waals surface area contributed by atoms with Crippen LogP contribution in [0.2, 0.25) is 0 Å². The van der Waals surface area contributed by atoms with Gasteiger partial charge in [0.05, 0.1) is 24.8 Å². The van der Waals surface area contributed by atoms with Crippen molar-refractivity contribution < 1.29 is 99.8 Å².